The van der Waals surface area contributed by atoms with Gasteiger partial charge < -0.3 is 10.2 Å². The van der Waals surface area contributed by atoms with Crippen LogP contribution in [0.2, 0.25) is 0 Å². The van der Waals surface area contributed by atoms with E-state index < -0.39 is 10.2 Å². The summed E-state index contributed by atoms with van der Waals surface area (Å²) in [6.07, 6.45) is 3.14. The van der Waals surface area contributed by atoms with Crippen LogP contribution in [0.3, 0.4) is 0 Å². The predicted octanol–water partition coefficient (Wildman–Crippen LogP) is 1.46. The minimum atomic E-state index is -3.38. The van der Waals surface area contributed by atoms with Gasteiger partial charge in [-0.25, -0.2) is 0 Å². The van der Waals surface area contributed by atoms with E-state index >= 15 is 0 Å². The standard InChI is InChI=1S/C20H32N4O3S/c1-16-15-18-7-4-5-8-19(18)24(16)12-6-11-21-20(25)17-9-13-23(14-10-17)28(26,27)22(2)3/h4-5,7-8,16-17H,6,9-15H2,1-3H3,(H,21,25)/t16-/m1/s1. The number of carbonyl (C=O) groups excluding carboxylic acids is 1. The number of rotatable bonds is 7. The van der Waals surface area contributed by atoms with Gasteiger partial charge in [-0.2, -0.15) is 17.0 Å². The highest BCUT2D eigenvalue weighted by atomic mass is 32.2. The van der Waals surface area contributed by atoms with Crippen LogP contribution in [-0.4, -0.2) is 69.3 Å². The fourth-order valence-corrected chi connectivity index (χ4v) is 5.29. The van der Waals surface area contributed by atoms with E-state index in [1.807, 2.05) is 0 Å². The first-order valence-electron chi connectivity index (χ1n) is 10.1. The van der Waals surface area contributed by atoms with Gasteiger partial charge in [0.25, 0.3) is 10.2 Å². The lowest BCUT2D eigenvalue weighted by molar-refractivity contribution is -0.126. The van der Waals surface area contributed by atoms with Gasteiger partial charge >= 0.3 is 0 Å². The first kappa shape index (κ1) is 21.1. The Hall–Kier alpha value is -1.64. The van der Waals surface area contributed by atoms with E-state index in [9.17, 15) is 13.2 Å². The van der Waals surface area contributed by atoms with Crippen molar-refractivity contribution in [2.75, 3.05) is 45.2 Å². The number of nitrogens with one attached hydrogen (secondary N) is 1. The Bertz CT molecular complexity index is 788. The Morgan fingerprint density at radius 3 is 2.57 bits per heavy atom. The molecule has 156 valence electrons. The van der Waals surface area contributed by atoms with Crippen molar-refractivity contribution < 1.29 is 13.2 Å². The summed E-state index contributed by atoms with van der Waals surface area (Å²) in [7, 11) is -0.309. The summed E-state index contributed by atoms with van der Waals surface area (Å²) in [6.45, 7) is 4.63. The van der Waals surface area contributed by atoms with E-state index in [1.165, 1.54) is 34.0 Å². The number of nitrogens with zero attached hydrogens (tertiary/aromatic N) is 3. The van der Waals surface area contributed by atoms with Gasteiger partial charge in [0, 0.05) is 57.9 Å². The van der Waals surface area contributed by atoms with Crippen LogP contribution in [0.4, 0.5) is 5.69 Å². The molecule has 0 radical (unpaired) electrons. The maximum absolute atomic E-state index is 12.4. The lowest BCUT2D eigenvalue weighted by Crippen LogP contribution is -2.47. The minimum absolute atomic E-state index is 0.0526. The Labute approximate surface area is 168 Å². The Morgan fingerprint density at radius 2 is 1.89 bits per heavy atom. The third kappa shape index (κ3) is 4.50. The second kappa shape index (κ2) is 8.80. The monoisotopic (exact) mass is 408 g/mol. The van der Waals surface area contributed by atoms with Crippen LogP contribution in [0.5, 0.6) is 0 Å². The number of amides is 1. The van der Waals surface area contributed by atoms with E-state index in [2.05, 4.69) is 41.4 Å². The van der Waals surface area contributed by atoms with E-state index in [1.54, 1.807) is 0 Å². The molecule has 1 saturated heterocycles. The van der Waals surface area contributed by atoms with Gasteiger partial charge in [0.05, 0.1) is 0 Å². The lowest BCUT2D eigenvalue weighted by Gasteiger charge is -2.32. The molecule has 0 unspecified atom stereocenters. The molecule has 3 rings (SSSR count). The molecule has 0 aliphatic carbocycles. The normalized spacial score (nSPS) is 21.1. The topological polar surface area (TPSA) is 73.0 Å². The van der Waals surface area contributed by atoms with E-state index in [0.717, 1.165) is 19.4 Å². The number of benzene rings is 1. The third-order valence-electron chi connectivity index (χ3n) is 5.84. The number of carbonyl (C=O) groups is 1. The predicted molar refractivity (Wildman–Crippen MR) is 111 cm³/mol. The molecular formula is C20H32N4O3S. The van der Waals surface area contributed by atoms with Crippen LogP contribution in [-0.2, 0) is 21.4 Å². The van der Waals surface area contributed by atoms with Crippen molar-refractivity contribution in [3.05, 3.63) is 29.8 Å². The van der Waals surface area contributed by atoms with Gasteiger partial charge in [-0.3, -0.25) is 4.79 Å². The smallest absolute Gasteiger partial charge is 0.281 e. The summed E-state index contributed by atoms with van der Waals surface area (Å²) < 4.78 is 27.0. The highest BCUT2D eigenvalue weighted by molar-refractivity contribution is 7.86. The van der Waals surface area contributed by atoms with Gasteiger partial charge in [-0.05, 0) is 44.2 Å². The molecule has 2 aliphatic heterocycles. The summed E-state index contributed by atoms with van der Waals surface area (Å²) in [4.78, 5) is 14.9. The molecule has 1 fully saturated rings. The maximum atomic E-state index is 12.4. The van der Waals surface area contributed by atoms with E-state index in [4.69, 9.17) is 0 Å². The fraction of sp³-hybridized carbons (Fsp3) is 0.650. The van der Waals surface area contributed by atoms with Crippen molar-refractivity contribution in [2.24, 2.45) is 5.92 Å². The van der Waals surface area contributed by atoms with Crippen molar-refractivity contribution >= 4 is 21.8 Å². The summed E-state index contributed by atoms with van der Waals surface area (Å²) in [5.41, 5.74) is 2.72. The molecule has 28 heavy (non-hydrogen) atoms. The molecular weight excluding hydrogens is 376 g/mol. The lowest BCUT2D eigenvalue weighted by atomic mass is 9.97. The van der Waals surface area contributed by atoms with Crippen molar-refractivity contribution in [1.82, 2.24) is 13.9 Å². The number of piperidine rings is 1. The zero-order valence-corrected chi connectivity index (χ0v) is 17.9. The van der Waals surface area contributed by atoms with Gasteiger partial charge in [0.2, 0.25) is 5.91 Å². The molecule has 0 spiro atoms. The van der Waals surface area contributed by atoms with Gasteiger partial charge in [0.1, 0.15) is 0 Å². The molecule has 1 N–H and O–H groups in total. The Kier molecular flexibility index (Phi) is 6.62. The third-order valence-corrected chi connectivity index (χ3v) is 7.78. The number of para-hydroxylation sites is 1. The van der Waals surface area contributed by atoms with Crippen LogP contribution in [0.25, 0.3) is 0 Å². The molecule has 1 atom stereocenters. The molecule has 1 aromatic rings. The summed E-state index contributed by atoms with van der Waals surface area (Å²) >= 11 is 0. The van der Waals surface area contributed by atoms with Crippen molar-refractivity contribution in [2.45, 2.75) is 38.6 Å². The molecule has 1 amide bonds. The molecule has 2 aliphatic rings. The molecule has 1 aromatic carbocycles. The van der Waals surface area contributed by atoms with Gasteiger partial charge in [-0.1, -0.05) is 18.2 Å². The number of fused-ring (bicyclic) bond motifs is 1. The molecule has 2 heterocycles. The molecule has 0 saturated carbocycles. The second-order valence-corrected chi connectivity index (χ2v) is 10.1. The molecule has 0 bridgehead atoms. The highest BCUT2D eigenvalue weighted by Crippen LogP contribution is 2.31. The summed E-state index contributed by atoms with van der Waals surface area (Å²) in [5.74, 6) is -0.0446. The average Bonchev–Trinajstić information content (AvgIpc) is 3.00. The van der Waals surface area contributed by atoms with Crippen LogP contribution in [0, 0.1) is 5.92 Å². The molecule has 0 aromatic heterocycles. The summed E-state index contributed by atoms with van der Waals surface area (Å²) in [5, 5.41) is 3.05. The van der Waals surface area contributed by atoms with Crippen molar-refractivity contribution in [3.63, 3.8) is 0 Å². The molecule has 7 nitrogen and oxygen atoms in total. The average molecular weight is 409 g/mol. The van der Waals surface area contributed by atoms with Crippen molar-refractivity contribution in [3.8, 4) is 0 Å². The first-order valence-corrected chi connectivity index (χ1v) is 11.5. The second-order valence-electron chi connectivity index (χ2n) is 7.98. The maximum Gasteiger partial charge on any atom is 0.281 e. The Balaban J connectivity index is 1.40. The van der Waals surface area contributed by atoms with Gasteiger partial charge in [0.15, 0.2) is 0 Å². The van der Waals surface area contributed by atoms with Gasteiger partial charge in [-0.15, -0.1) is 0 Å². The zero-order chi connectivity index (χ0) is 20.3. The number of hydrogen-bond donors (Lipinski definition) is 1. The first-order chi connectivity index (χ1) is 13.3. The highest BCUT2D eigenvalue weighted by Gasteiger charge is 2.32. The van der Waals surface area contributed by atoms with Crippen LogP contribution in [0.1, 0.15) is 31.7 Å². The van der Waals surface area contributed by atoms with Crippen molar-refractivity contribution in [1.29, 1.82) is 0 Å². The number of hydrogen-bond acceptors (Lipinski definition) is 4. The quantitative estimate of drug-likeness (QED) is 0.694. The van der Waals surface area contributed by atoms with Crippen LogP contribution < -0.4 is 10.2 Å². The van der Waals surface area contributed by atoms with E-state index in [0.29, 0.717) is 38.5 Å². The minimum Gasteiger partial charge on any atom is -0.368 e. The summed E-state index contributed by atoms with van der Waals surface area (Å²) in [6, 6.07) is 9.03. The largest absolute Gasteiger partial charge is 0.368 e. The SMILES string of the molecule is C[C@@H]1Cc2ccccc2N1CCCNC(=O)C1CCN(S(=O)(=O)N(C)C)CC1. The Morgan fingerprint density at radius 1 is 1.21 bits per heavy atom. The van der Waals surface area contributed by atoms with Crippen LogP contribution >= 0.6 is 0 Å². The van der Waals surface area contributed by atoms with Crippen LogP contribution in [0.15, 0.2) is 24.3 Å². The zero-order valence-electron chi connectivity index (χ0n) is 17.1. The van der Waals surface area contributed by atoms with E-state index in [-0.39, 0.29) is 11.8 Å². The fourth-order valence-electron chi connectivity index (χ4n) is 4.16. The molecule has 8 heteroatoms. The number of anilines is 1.